The van der Waals surface area contributed by atoms with Gasteiger partial charge in [0.1, 0.15) is 30.5 Å². The van der Waals surface area contributed by atoms with E-state index in [0.29, 0.717) is 37.0 Å². The van der Waals surface area contributed by atoms with Gasteiger partial charge >= 0.3 is 12.1 Å². The smallest absolute Gasteiger partial charge is 0.412 e. The molecule has 234 valence electrons. The zero-order valence-corrected chi connectivity index (χ0v) is 25.9. The molecule has 2 N–H and O–H groups in total. The fraction of sp³-hybridized carbons (Fsp3) is 0.351. The molecule has 45 heavy (non-hydrogen) atoms. The first-order valence-corrected chi connectivity index (χ1v) is 15.9. The van der Waals surface area contributed by atoms with Crippen LogP contribution in [0.2, 0.25) is 0 Å². The number of carboxylic acids is 1. The molecule has 0 spiro atoms. The molecule has 1 aromatic heterocycles. The zero-order chi connectivity index (χ0) is 31.3. The minimum absolute atomic E-state index is 0.239. The molecule has 3 aromatic carbocycles. The lowest BCUT2D eigenvalue weighted by Crippen LogP contribution is -2.40. The molecule has 4 aromatic rings. The SMILES string of the molecule is C/C=C(/C)OC(=O)N[C@H](COc1ccc2c(c1)OCCn1c-2c(C2CCCCC2)c2ccc(C(=O)O)cc21)Cc1ccccc1. The summed E-state index contributed by atoms with van der Waals surface area (Å²) >= 11 is 0. The minimum atomic E-state index is -0.927. The van der Waals surface area contributed by atoms with Crippen LogP contribution in [-0.2, 0) is 17.7 Å². The van der Waals surface area contributed by atoms with E-state index in [1.54, 1.807) is 25.1 Å². The number of carboxylic acid groups (broad SMARTS) is 1. The van der Waals surface area contributed by atoms with Gasteiger partial charge < -0.3 is 29.2 Å². The molecule has 1 fully saturated rings. The van der Waals surface area contributed by atoms with Crippen LogP contribution in [0.5, 0.6) is 11.5 Å². The third-order valence-corrected chi connectivity index (χ3v) is 8.90. The first-order chi connectivity index (χ1) is 21.9. The summed E-state index contributed by atoms with van der Waals surface area (Å²) in [5.74, 6) is 1.39. The Morgan fingerprint density at radius 1 is 1.07 bits per heavy atom. The maximum atomic E-state index is 12.6. The summed E-state index contributed by atoms with van der Waals surface area (Å²) in [5.41, 5.74) is 5.70. The highest BCUT2D eigenvalue weighted by Gasteiger charge is 2.30. The summed E-state index contributed by atoms with van der Waals surface area (Å²) in [7, 11) is 0. The van der Waals surface area contributed by atoms with Crippen molar-refractivity contribution in [3.8, 4) is 22.8 Å². The van der Waals surface area contributed by atoms with Gasteiger partial charge in [-0.1, -0.05) is 55.7 Å². The minimum Gasteiger partial charge on any atom is -0.491 e. The number of fused-ring (bicyclic) bond motifs is 5. The van der Waals surface area contributed by atoms with Gasteiger partial charge in [0, 0.05) is 22.5 Å². The van der Waals surface area contributed by atoms with Crippen LogP contribution in [0.15, 0.2) is 78.6 Å². The molecule has 1 amide bonds. The van der Waals surface area contributed by atoms with E-state index in [1.165, 1.54) is 24.8 Å². The molecule has 8 heteroatoms. The summed E-state index contributed by atoms with van der Waals surface area (Å²) in [6.45, 7) is 4.86. The van der Waals surface area contributed by atoms with E-state index in [0.717, 1.165) is 46.3 Å². The summed E-state index contributed by atoms with van der Waals surface area (Å²) < 4.78 is 20.2. The van der Waals surface area contributed by atoms with Crippen LogP contribution >= 0.6 is 0 Å². The third-order valence-electron chi connectivity index (χ3n) is 8.90. The van der Waals surface area contributed by atoms with Crippen LogP contribution in [0.3, 0.4) is 0 Å². The first-order valence-electron chi connectivity index (χ1n) is 15.9. The molecule has 0 bridgehead atoms. The number of nitrogens with one attached hydrogen (secondary N) is 1. The Bertz CT molecular complexity index is 1720. The van der Waals surface area contributed by atoms with Gasteiger partial charge in [0.2, 0.25) is 0 Å². The highest BCUT2D eigenvalue weighted by atomic mass is 16.6. The zero-order valence-electron chi connectivity index (χ0n) is 25.9. The maximum absolute atomic E-state index is 12.6. The molecule has 0 unspecified atom stereocenters. The number of hydrogen-bond donors (Lipinski definition) is 2. The predicted molar refractivity (Wildman–Crippen MR) is 174 cm³/mol. The summed E-state index contributed by atoms with van der Waals surface area (Å²) in [4.78, 5) is 24.5. The van der Waals surface area contributed by atoms with E-state index in [9.17, 15) is 14.7 Å². The van der Waals surface area contributed by atoms with Crippen LogP contribution in [0.4, 0.5) is 4.79 Å². The van der Waals surface area contributed by atoms with Gasteiger partial charge in [0.05, 0.1) is 23.8 Å². The van der Waals surface area contributed by atoms with Gasteiger partial charge in [-0.3, -0.25) is 0 Å². The Kier molecular flexibility index (Phi) is 9.10. The second-order valence-corrected chi connectivity index (χ2v) is 11.9. The summed E-state index contributed by atoms with van der Waals surface area (Å²) in [6.07, 6.45) is 7.68. The second-order valence-electron chi connectivity index (χ2n) is 11.9. The van der Waals surface area contributed by atoms with E-state index >= 15 is 0 Å². The van der Waals surface area contributed by atoms with Gasteiger partial charge in [-0.2, -0.15) is 0 Å². The van der Waals surface area contributed by atoms with E-state index in [-0.39, 0.29) is 18.2 Å². The molecule has 2 heterocycles. The summed E-state index contributed by atoms with van der Waals surface area (Å²) in [6, 6.07) is 21.1. The normalized spacial score (nSPS) is 15.7. The van der Waals surface area contributed by atoms with Crippen molar-refractivity contribution in [2.45, 2.75) is 70.9 Å². The number of allylic oxidation sites excluding steroid dienone is 2. The number of aromatic carboxylic acids is 1. The number of amides is 1. The topological polar surface area (TPSA) is 99.0 Å². The molecule has 1 aliphatic carbocycles. The molecule has 2 aliphatic rings. The molecule has 1 saturated carbocycles. The van der Waals surface area contributed by atoms with E-state index in [4.69, 9.17) is 14.2 Å². The van der Waals surface area contributed by atoms with E-state index in [2.05, 4.69) is 16.0 Å². The van der Waals surface area contributed by atoms with Gasteiger partial charge in [-0.25, -0.2) is 9.59 Å². The Morgan fingerprint density at radius 3 is 2.62 bits per heavy atom. The molecule has 8 nitrogen and oxygen atoms in total. The van der Waals surface area contributed by atoms with Crippen molar-refractivity contribution in [2.24, 2.45) is 0 Å². The monoisotopic (exact) mass is 608 g/mol. The number of carbonyl (C=O) groups is 2. The molecular weight excluding hydrogens is 568 g/mol. The van der Waals surface area contributed by atoms with Crippen LogP contribution < -0.4 is 14.8 Å². The number of carbonyl (C=O) groups excluding carboxylic acids is 1. The Balaban J connectivity index is 1.31. The van der Waals surface area contributed by atoms with E-state index < -0.39 is 12.1 Å². The van der Waals surface area contributed by atoms with Gasteiger partial charge in [0.15, 0.2) is 0 Å². The number of hydrogen-bond acceptors (Lipinski definition) is 5. The third kappa shape index (κ3) is 6.70. The van der Waals surface area contributed by atoms with Gasteiger partial charge in [-0.05, 0) is 80.5 Å². The predicted octanol–water partition coefficient (Wildman–Crippen LogP) is 8.09. The average molecular weight is 609 g/mol. The highest BCUT2D eigenvalue weighted by Crippen LogP contribution is 2.47. The number of alkyl carbamates (subject to hydrolysis) is 1. The average Bonchev–Trinajstić information content (AvgIpc) is 3.25. The van der Waals surface area contributed by atoms with Crippen LogP contribution in [0.25, 0.3) is 22.2 Å². The van der Waals surface area contributed by atoms with Crippen molar-refractivity contribution in [1.29, 1.82) is 0 Å². The fourth-order valence-electron chi connectivity index (χ4n) is 6.64. The van der Waals surface area contributed by atoms with Gasteiger partial charge in [-0.15, -0.1) is 0 Å². The Hall–Kier alpha value is -4.72. The van der Waals surface area contributed by atoms with E-state index in [1.807, 2.05) is 55.5 Å². The lowest BCUT2D eigenvalue weighted by atomic mass is 9.81. The summed E-state index contributed by atoms with van der Waals surface area (Å²) in [5, 5.41) is 13.8. The van der Waals surface area contributed by atoms with Crippen molar-refractivity contribution >= 4 is 23.0 Å². The maximum Gasteiger partial charge on any atom is 0.412 e. The number of ether oxygens (including phenoxy) is 3. The number of rotatable bonds is 9. The molecule has 1 aliphatic heterocycles. The lowest BCUT2D eigenvalue weighted by molar-refractivity contribution is 0.0697. The van der Waals surface area contributed by atoms with Crippen molar-refractivity contribution in [2.75, 3.05) is 13.2 Å². The number of aromatic nitrogens is 1. The molecule has 0 saturated heterocycles. The van der Waals surface area contributed by atoms with Crippen LogP contribution in [-0.4, -0.2) is 41.0 Å². The first kappa shape index (κ1) is 30.3. The molecular formula is C37H40N2O6. The quantitative estimate of drug-likeness (QED) is 0.186. The fourth-order valence-corrected chi connectivity index (χ4v) is 6.64. The van der Waals surface area contributed by atoms with Gasteiger partial charge in [0.25, 0.3) is 0 Å². The van der Waals surface area contributed by atoms with Crippen molar-refractivity contribution in [3.05, 3.63) is 95.3 Å². The highest BCUT2D eigenvalue weighted by molar-refractivity contribution is 5.98. The number of nitrogens with zero attached hydrogens (tertiary/aromatic N) is 1. The molecule has 0 radical (unpaired) electrons. The van der Waals surface area contributed by atoms with Crippen LogP contribution in [0, 0.1) is 0 Å². The largest absolute Gasteiger partial charge is 0.491 e. The standard InChI is InChI=1S/C37H40N2O6/c1-3-24(2)45-37(42)38-28(20-25-10-6-4-7-11-25)23-44-29-15-17-31-33(22-29)43-19-18-39-32-21-27(36(40)41)14-16-30(32)34(35(31)39)26-12-8-5-9-13-26/h3-4,6-7,10-11,14-17,21-22,26,28H,5,8-9,12-13,18-20,23H2,1-2H3,(H,38,42)(H,40,41)/b24-3-/t28-/m0/s1. The van der Waals surface area contributed by atoms with Crippen molar-refractivity contribution in [1.82, 2.24) is 9.88 Å². The van der Waals surface area contributed by atoms with Crippen molar-refractivity contribution < 1.29 is 28.9 Å². The van der Waals surface area contributed by atoms with Crippen molar-refractivity contribution in [3.63, 3.8) is 0 Å². The Labute approximate surface area is 263 Å². The Morgan fingerprint density at radius 2 is 1.87 bits per heavy atom. The molecule has 6 rings (SSSR count). The molecule has 1 atom stereocenters. The van der Waals surface area contributed by atoms with Crippen LogP contribution in [0.1, 0.15) is 73.4 Å². The lowest BCUT2D eigenvalue weighted by Gasteiger charge is -2.24. The number of benzene rings is 3. The second kappa shape index (κ2) is 13.5.